The molecule has 6 rings (SSSR count). The van der Waals surface area contributed by atoms with Crippen LogP contribution in [-0.4, -0.2) is 81.2 Å². The summed E-state index contributed by atoms with van der Waals surface area (Å²) in [6, 6.07) is 10.2. The average molecular weight is 809 g/mol. The summed E-state index contributed by atoms with van der Waals surface area (Å²) in [5, 5.41) is 15.0. The van der Waals surface area contributed by atoms with Gasteiger partial charge in [0.15, 0.2) is 17.3 Å². The van der Waals surface area contributed by atoms with E-state index in [4.69, 9.17) is 16.3 Å². The van der Waals surface area contributed by atoms with Gasteiger partial charge < -0.3 is 26.0 Å². The third-order valence-corrected chi connectivity index (χ3v) is 10.3. The van der Waals surface area contributed by atoms with Crippen molar-refractivity contribution in [1.29, 1.82) is 0 Å². The molecule has 1 aliphatic carbocycles. The van der Waals surface area contributed by atoms with E-state index in [2.05, 4.69) is 69.6 Å². The molecule has 0 spiro atoms. The molecule has 5 N–H and O–H groups in total. The number of carbonyl (C=O) groups is 4. The van der Waals surface area contributed by atoms with Crippen molar-refractivity contribution < 1.29 is 23.9 Å². The van der Waals surface area contributed by atoms with Crippen LogP contribution < -0.4 is 32.1 Å². The van der Waals surface area contributed by atoms with Crippen LogP contribution in [0.1, 0.15) is 53.7 Å². The number of piperidine rings is 1. The molecule has 2 atom stereocenters. The van der Waals surface area contributed by atoms with Crippen LogP contribution in [0.2, 0.25) is 5.02 Å². The maximum absolute atomic E-state index is 13.0. The monoisotopic (exact) mass is 807 g/mol. The number of aromatic nitrogens is 4. The lowest BCUT2D eigenvalue weighted by atomic mass is 9.96. The molecule has 0 saturated carbocycles. The maximum atomic E-state index is 13.0. The Kier molecular flexibility index (Phi) is 12.6. The van der Waals surface area contributed by atoms with Gasteiger partial charge in [-0.25, -0.2) is 24.5 Å². The average Bonchev–Trinajstić information content (AvgIpc) is 3.55. The Labute approximate surface area is 318 Å². The van der Waals surface area contributed by atoms with Crippen LogP contribution in [0.4, 0.5) is 15.4 Å². The number of hydrogen-bond donors (Lipinski definition) is 5. The van der Waals surface area contributed by atoms with Gasteiger partial charge in [-0.15, -0.1) is 0 Å². The molecule has 4 aromatic rings. The summed E-state index contributed by atoms with van der Waals surface area (Å²) < 4.78 is 7.54. The number of ketones is 1. The first kappa shape index (κ1) is 37.8. The van der Waals surface area contributed by atoms with Gasteiger partial charge in [0.25, 0.3) is 11.5 Å². The van der Waals surface area contributed by atoms with Crippen LogP contribution in [0.25, 0.3) is 10.9 Å². The van der Waals surface area contributed by atoms with E-state index in [1.165, 1.54) is 40.5 Å². The molecule has 17 heteroatoms. The van der Waals surface area contributed by atoms with Gasteiger partial charge >= 0.3 is 12.1 Å². The molecule has 1 aliphatic heterocycles. The van der Waals surface area contributed by atoms with Gasteiger partial charge in [-0.05, 0) is 84.3 Å². The Morgan fingerprint density at radius 1 is 1.00 bits per heavy atom. The van der Waals surface area contributed by atoms with E-state index >= 15 is 0 Å². The Balaban J connectivity index is 0.888. The highest BCUT2D eigenvalue weighted by Crippen LogP contribution is 2.26. The van der Waals surface area contributed by atoms with E-state index in [9.17, 15) is 24.0 Å². The lowest BCUT2D eigenvalue weighted by molar-refractivity contribution is -0.121. The van der Waals surface area contributed by atoms with Gasteiger partial charge in [-0.3, -0.25) is 24.3 Å². The molecule has 3 heterocycles. The van der Waals surface area contributed by atoms with Crippen molar-refractivity contribution in [3.63, 3.8) is 0 Å². The first-order valence-corrected chi connectivity index (χ1v) is 18.6. The van der Waals surface area contributed by atoms with Crippen LogP contribution in [-0.2, 0) is 28.9 Å². The fourth-order valence-electron chi connectivity index (χ4n) is 6.52. The summed E-state index contributed by atoms with van der Waals surface area (Å²) in [6.07, 6.45) is 6.99. The van der Waals surface area contributed by atoms with E-state index in [1.54, 1.807) is 6.07 Å². The largest absolute Gasteiger partial charge is 0.445 e. The summed E-state index contributed by atoms with van der Waals surface area (Å²) >= 11 is 9.48. The summed E-state index contributed by atoms with van der Waals surface area (Å²) in [4.78, 5) is 76.7. The van der Waals surface area contributed by atoms with Gasteiger partial charge in [-0.2, -0.15) is 0 Å². The van der Waals surface area contributed by atoms with Crippen LogP contribution in [0.5, 0.6) is 0 Å². The van der Waals surface area contributed by atoms with Crippen LogP contribution >= 0.6 is 27.5 Å². The van der Waals surface area contributed by atoms with Crippen LogP contribution in [0.15, 0.2) is 64.4 Å². The highest BCUT2D eigenvalue weighted by molar-refractivity contribution is 9.10. The van der Waals surface area contributed by atoms with Crippen molar-refractivity contribution in [2.24, 2.45) is 0 Å². The van der Waals surface area contributed by atoms with Crippen molar-refractivity contribution in [2.75, 3.05) is 25.0 Å². The van der Waals surface area contributed by atoms with E-state index in [1.807, 2.05) is 12.1 Å². The predicted octanol–water partition coefficient (Wildman–Crippen LogP) is 3.91. The van der Waals surface area contributed by atoms with E-state index < -0.39 is 30.2 Å². The summed E-state index contributed by atoms with van der Waals surface area (Å²) in [5.74, 6) is -0.574. The predicted molar refractivity (Wildman–Crippen MR) is 201 cm³/mol. The number of carbonyl (C=O) groups excluding carboxylic acids is 4. The fourth-order valence-corrected chi connectivity index (χ4v) is 7.01. The number of benzene rings is 2. The minimum absolute atomic E-state index is 0.0261. The van der Waals surface area contributed by atoms with Crippen molar-refractivity contribution in [2.45, 2.75) is 69.7 Å². The number of fused-ring (bicyclic) bond motifs is 2. The molecule has 4 amide bonds. The Bertz CT molecular complexity index is 2040. The second kappa shape index (κ2) is 17.7. The lowest BCUT2D eigenvalue weighted by Gasteiger charge is -2.31. The number of nitrogens with zero attached hydrogens (tertiary/aromatic N) is 4. The zero-order valence-electron chi connectivity index (χ0n) is 28.7. The molecule has 0 radical (unpaired) electrons. The minimum atomic E-state index is -0.602. The highest BCUT2D eigenvalue weighted by Gasteiger charge is 2.30. The first-order chi connectivity index (χ1) is 25.6. The standard InChI is InChI=1S/C36H39BrClN9O6/c37-26-18-28-25(17-27(26)38)34(50)47(20-44-28)19-24(48)16-29-30(8-5-11-39-29)53-36(52)43-10-4-3-9-42-35(51)46-32-31(40-12-13-41-32)33(49)45-23-14-21-6-1-2-7-22(21)15-23/h1-2,6-7,12-13,17-18,20,23,29-30,39H,3-5,8-11,14-16,19H2,(H,43,52)(H,45,49)(H2,41,42,46,51)/t29-,30+/m1/s1. The molecule has 15 nitrogen and oxygen atoms in total. The zero-order chi connectivity index (χ0) is 37.3. The Morgan fingerprint density at radius 3 is 2.51 bits per heavy atom. The second-order valence-corrected chi connectivity index (χ2v) is 14.2. The molecular formula is C36H39BrClN9O6. The third-order valence-electron chi connectivity index (χ3n) is 9.13. The number of anilines is 1. The molecule has 0 unspecified atom stereocenters. The maximum Gasteiger partial charge on any atom is 0.407 e. The number of rotatable bonds is 13. The summed E-state index contributed by atoms with van der Waals surface area (Å²) in [5.41, 5.74) is 2.52. The number of Topliss-reactive ketones (excluding diaryl/α,β-unsaturated/α-hetero) is 1. The summed E-state index contributed by atoms with van der Waals surface area (Å²) in [7, 11) is 0. The van der Waals surface area contributed by atoms with Gasteiger partial charge in [-0.1, -0.05) is 35.9 Å². The number of hydrogen-bond acceptors (Lipinski definition) is 10. The normalized spacial score (nSPS) is 16.8. The van der Waals surface area contributed by atoms with E-state index in [0.29, 0.717) is 59.3 Å². The molecule has 2 aromatic carbocycles. The fraction of sp³-hybridized carbons (Fsp3) is 0.389. The molecule has 2 aliphatic rings. The number of urea groups is 1. The highest BCUT2D eigenvalue weighted by atomic mass is 79.9. The van der Waals surface area contributed by atoms with Gasteiger partial charge in [0.2, 0.25) is 0 Å². The van der Waals surface area contributed by atoms with E-state index in [0.717, 1.165) is 19.3 Å². The van der Waals surface area contributed by atoms with Crippen molar-refractivity contribution in [3.05, 3.63) is 91.8 Å². The van der Waals surface area contributed by atoms with Gasteiger partial charge in [0.1, 0.15) is 6.10 Å². The smallest absolute Gasteiger partial charge is 0.407 e. The number of alkyl carbamates (subject to hydrolysis) is 1. The quantitative estimate of drug-likeness (QED) is 0.124. The van der Waals surface area contributed by atoms with Gasteiger partial charge in [0.05, 0.1) is 34.8 Å². The number of nitrogens with one attached hydrogen (secondary N) is 5. The van der Waals surface area contributed by atoms with Crippen LogP contribution in [0.3, 0.4) is 0 Å². The third kappa shape index (κ3) is 9.94. The molecule has 1 fully saturated rings. The molecular weight excluding hydrogens is 770 g/mol. The minimum Gasteiger partial charge on any atom is -0.445 e. The number of halogens is 2. The number of ether oxygens (including phenoxy) is 1. The first-order valence-electron chi connectivity index (χ1n) is 17.4. The van der Waals surface area contributed by atoms with E-state index in [-0.39, 0.29) is 41.9 Å². The molecule has 1 saturated heterocycles. The Hall–Kier alpha value is -4.93. The zero-order valence-corrected chi connectivity index (χ0v) is 31.0. The molecule has 53 heavy (non-hydrogen) atoms. The molecule has 0 bridgehead atoms. The second-order valence-electron chi connectivity index (χ2n) is 13.0. The topological polar surface area (TPSA) is 198 Å². The number of unbranched alkanes of at least 4 members (excludes halogenated alkanes) is 1. The lowest BCUT2D eigenvalue weighted by Crippen LogP contribution is -2.49. The molecule has 2 aromatic heterocycles. The number of amides is 4. The van der Waals surface area contributed by atoms with Crippen LogP contribution in [0, 0.1) is 0 Å². The Morgan fingerprint density at radius 2 is 1.74 bits per heavy atom. The van der Waals surface area contributed by atoms with Crippen molar-refractivity contribution in [3.8, 4) is 0 Å². The SMILES string of the molecule is O=C(C[C@H]1NCCC[C@@H]1OC(=O)NCCCCNC(=O)Nc1nccnc1C(=O)NC1Cc2ccccc2C1)Cn1cnc2cc(Br)c(Cl)cc2c1=O. The summed E-state index contributed by atoms with van der Waals surface area (Å²) in [6.45, 7) is 1.11. The van der Waals surface area contributed by atoms with Crippen molar-refractivity contribution in [1.82, 2.24) is 40.8 Å². The molecule has 278 valence electrons. The van der Waals surface area contributed by atoms with Crippen molar-refractivity contribution >= 4 is 68.1 Å². The van der Waals surface area contributed by atoms with Gasteiger partial charge in [0, 0.05) is 42.4 Å².